The number of fused-ring (bicyclic) bond motifs is 1. The molecule has 3 rings (SSSR count). The summed E-state index contributed by atoms with van der Waals surface area (Å²) in [6, 6.07) is 5.01. The number of methoxy groups -OCH3 is 1. The molecule has 0 aliphatic heterocycles. The number of nitrogens with one attached hydrogen (secondary N) is 1. The Kier molecular flexibility index (Phi) is 5.11. The van der Waals surface area contributed by atoms with Crippen LogP contribution in [0.3, 0.4) is 0 Å². The zero-order valence-corrected chi connectivity index (χ0v) is 15.2. The van der Waals surface area contributed by atoms with Gasteiger partial charge in [0, 0.05) is 25.5 Å². The second-order valence-electron chi connectivity index (χ2n) is 6.05. The third kappa shape index (κ3) is 3.22. The van der Waals surface area contributed by atoms with Crippen LogP contribution in [0.1, 0.15) is 18.5 Å². The quantitative estimate of drug-likeness (QED) is 0.895. The molecule has 1 aliphatic rings. The Hall–Kier alpha value is -3.02. The lowest BCUT2D eigenvalue weighted by Gasteiger charge is -2.19. The van der Waals surface area contributed by atoms with Crippen LogP contribution in [-0.2, 0) is 11.8 Å². The topological polar surface area (TPSA) is 69.6 Å². The number of carbonyl (C=O) groups excluding carboxylic acids is 1. The largest absolute Gasteiger partial charge is 0.491 e. The Balaban J connectivity index is 2.19. The summed E-state index contributed by atoms with van der Waals surface area (Å²) in [5.74, 6) is 0.615. The maximum absolute atomic E-state index is 12.7. The lowest BCUT2D eigenvalue weighted by Crippen LogP contribution is -2.25. The number of pyridine rings is 1. The highest BCUT2D eigenvalue weighted by atomic mass is 16.5. The molecule has 1 aromatic carbocycles. The SMILES string of the molecule is CNC(=O)COc1ccc2c(=O)cc(C3=CCCC=C3)n(C)c2c1OC. The van der Waals surface area contributed by atoms with Crippen LogP contribution >= 0.6 is 0 Å². The summed E-state index contributed by atoms with van der Waals surface area (Å²) >= 11 is 0. The number of aromatic nitrogens is 1. The molecule has 1 heterocycles. The van der Waals surface area contributed by atoms with Crippen LogP contribution in [0.15, 0.2) is 41.2 Å². The maximum atomic E-state index is 12.7. The summed E-state index contributed by atoms with van der Waals surface area (Å²) in [6.07, 6.45) is 8.21. The standard InChI is InChI=1S/C20H22N2O4/c1-21-18(24)12-26-17-10-9-14-16(23)11-15(13-7-5-4-6-8-13)22(2)19(14)20(17)25-3/h5,7-11H,4,6,12H2,1-3H3,(H,21,24). The molecule has 26 heavy (non-hydrogen) atoms. The number of allylic oxidation sites excluding steroid dienone is 4. The Morgan fingerprint density at radius 3 is 2.77 bits per heavy atom. The number of rotatable bonds is 5. The average molecular weight is 354 g/mol. The van der Waals surface area contributed by atoms with Crippen LogP contribution in [0.4, 0.5) is 0 Å². The number of ether oxygens (including phenoxy) is 2. The van der Waals surface area contributed by atoms with Gasteiger partial charge in [-0.25, -0.2) is 0 Å². The second kappa shape index (κ2) is 7.47. The number of aryl methyl sites for hydroxylation is 1. The first-order valence-corrected chi connectivity index (χ1v) is 8.48. The number of benzene rings is 1. The summed E-state index contributed by atoms with van der Waals surface area (Å²) in [5.41, 5.74) is 2.39. The Bertz CT molecular complexity index is 970. The minimum atomic E-state index is -0.243. The van der Waals surface area contributed by atoms with Crippen LogP contribution < -0.4 is 20.2 Å². The fourth-order valence-corrected chi connectivity index (χ4v) is 3.11. The smallest absolute Gasteiger partial charge is 0.257 e. The monoisotopic (exact) mass is 354 g/mol. The van der Waals surface area contributed by atoms with Crippen molar-refractivity contribution in [3.63, 3.8) is 0 Å². The molecule has 1 amide bonds. The molecule has 0 saturated carbocycles. The Morgan fingerprint density at radius 1 is 1.31 bits per heavy atom. The average Bonchev–Trinajstić information content (AvgIpc) is 2.68. The molecule has 6 nitrogen and oxygen atoms in total. The fourth-order valence-electron chi connectivity index (χ4n) is 3.11. The van der Waals surface area contributed by atoms with Gasteiger partial charge in [0.1, 0.15) is 0 Å². The van der Waals surface area contributed by atoms with Gasteiger partial charge in [0.25, 0.3) is 5.91 Å². The van der Waals surface area contributed by atoms with Gasteiger partial charge in [0.15, 0.2) is 23.5 Å². The Labute approximate surface area is 151 Å². The molecular weight excluding hydrogens is 332 g/mol. The summed E-state index contributed by atoms with van der Waals surface area (Å²) in [4.78, 5) is 24.1. The lowest BCUT2D eigenvalue weighted by molar-refractivity contribution is -0.122. The van der Waals surface area contributed by atoms with Gasteiger partial charge in [-0.3, -0.25) is 9.59 Å². The van der Waals surface area contributed by atoms with E-state index in [1.165, 1.54) is 7.11 Å². The maximum Gasteiger partial charge on any atom is 0.257 e. The van der Waals surface area contributed by atoms with Crippen molar-refractivity contribution in [2.24, 2.45) is 7.05 Å². The number of hydrogen-bond acceptors (Lipinski definition) is 4. The number of likely N-dealkylation sites (N-methyl/N-ethyl adjacent to an activating group) is 1. The highest BCUT2D eigenvalue weighted by Crippen LogP contribution is 2.35. The predicted octanol–water partition coefficient (Wildman–Crippen LogP) is 2.41. The molecule has 136 valence electrons. The van der Waals surface area contributed by atoms with Gasteiger partial charge in [-0.1, -0.05) is 18.2 Å². The van der Waals surface area contributed by atoms with E-state index in [-0.39, 0.29) is 17.9 Å². The fraction of sp³-hybridized carbons (Fsp3) is 0.300. The first-order chi connectivity index (χ1) is 12.6. The summed E-state index contributed by atoms with van der Waals surface area (Å²) < 4.78 is 13.1. The van der Waals surface area contributed by atoms with Crippen LogP contribution in [0.5, 0.6) is 11.5 Å². The predicted molar refractivity (Wildman–Crippen MR) is 102 cm³/mol. The Morgan fingerprint density at radius 2 is 2.12 bits per heavy atom. The van der Waals surface area contributed by atoms with Crippen molar-refractivity contribution >= 4 is 22.4 Å². The minimum Gasteiger partial charge on any atom is -0.491 e. The third-order valence-electron chi connectivity index (χ3n) is 4.46. The van der Waals surface area contributed by atoms with Gasteiger partial charge in [-0.05, 0) is 30.5 Å². The second-order valence-corrected chi connectivity index (χ2v) is 6.05. The molecule has 1 N–H and O–H groups in total. The molecule has 2 aromatic rings. The molecule has 0 atom stereocenters. The van der Waals surface area contributed by atoms with E-state index in [1.54, 1.807) is 25.2 Å². The minimum absolute atomic E-state index is 0.0795. The number of hydrogen-bond donors (Lipinski definition) is 1. The third-order valence-corrected chi connectivity index (χ3v) is 4.46. The zero-order valence-electron chi connectivity index (χ0n) is 15.2. The molecule has 6 heteroatoms. The van der Waals surface area contributed by atoms with E-state index in [4.69, 9.17) is 9.47 Å². The zero-order chi connectivity index (χ0) is 18.7. The number of carbonyl (C=O) groups is 1. The van der Waals surface area contributed by atoms with Crippen molar-refractivity contribution in [1.82, 2.24) is 9.88 Å². The molecular formula is C20H22N2O4. The van der Waals surface area contributed by atoms with Crippen LogP contribution in [0.25, 0.3) is 16.5 Å². The molecule has 0 saturated heterocycles. The van der Waals surface area contributed by atoms with Crippen molar-refractivity contribution < 1.29 is 14.3 Å². The van der Waals surface area contributed by atoms with E-state index in [2.05, 4.69) is 17.5 Å². The molecule has 0 bridgehead atoms. The summed E-state index contributed by atoms with van der Waals surface area (Å²) in [7, 11) is 4.97. The van der Waals surface area contributed by atoms with E-state index in [0.29, 0.717) is 22.4 Å². The van der Waals surface area contributed by atoms with E-state index in [1.807, 2.05) is 17.7 Å². The van der Waals surface area contributed by atoms with Crippen molar-refractivity contribution in [2.45, 2.75) is 12.8 Å². The van der Waals surface area contributed by atoms with E-state index in [9.17, 15) is 9.59 Å². The lowest BCUT2D eigenvalue weighted by atomic mass is 10.0. The van der Waals surface area contributed by atoms with Gasteiger partial charge in [-0.2, -0.15) is 0 Å². The van der Waals surface area contributed by atoms with Crippen molar-refractivity contribution in [1.29, 1.82) is 0 Å². The molecule has 0 spiro atoms. The highest BCUT2D eigenvalue weighted by molar-refractivity contribution is 5.90. The van der Waals surface area contributed by atoms with Crippen molar-refractivity contribution in [3.8, 4) is 11.5 Å². The van der Waals surface area contributed by atoms with Gasteiger partial charge < -0.3 is 19.4 Å². The first-order valence-electron chi connectivity index (χ1n) is 8.48. The van der Waals surface area contributed by atoms with Gasteiger partial charge in [0.2, 0.25) is 0 Å². The molecule has 1 aromatic heterocycles. The van der Waals surface area contributed by atoms with Crippen molar-refractivity contribution in [2.75, 3.05) is 20.8 Å². The molecule has 0 fully saturated rings. The normalized spacial score (nSPS) is 13.4. The molecule has 1 aliphatic carbocycles. The van der Waals surface area contributed by atoms with Gasteiger partial charge >= 0.3 is 0 Å². The molecule has 0 unspecified atom stereocenters. The number of nitrogens with zero attached hydrogens (tertiary/aromatic N) is 1. The van der Waals surface area contributed by atoms with Crippen LogP contribution in [-0.4, -0.2) is 31.2 Å². The first kappa shape index (κ1) is 17.8. The summed E-state index contributed by atoms with van der Waals surface area (Å²) in [5, 5.41) is 3.05. The molecule has 0 radical (unpaired) electrons. The highest BCUT2D eigenvalue weighted by Gasteiger charge is 2.18. The van der Waals surface area contributed by atoms with Crippen molar-refractivity contribution in [3.05, 3.63) is 52.3 Å². The van der Waals surface area contributed by atoms with E-state index >= 15 is 0 Å². The van der Waals surface area contributed by atoms with E-state index in [0.717, 1.165) is 24.1 Å². The van der Waals surface area contributed by atoms with Crippen LogP contribution in [0.2, 0.25) is 0 Å². The number of amides is 1. The van der Waals surface area contributed by atoms with E-state index < -0.39 is 0 Å². The van der Waals surface area contributed by atoms with Gasteiger partial charge in [0.05, 0.1) is 18.3 Å². The summed E-state index contributed by atoms with van der Waals surface area (Å²) in [6.45, 7) is -0.125. The van der Waals surface area contributed by atoms with Gasteiger partial charge in [-0.15, -0.1) is 0 Å². The van der Waals surface area contributed by atoms with Crippen LogP contribution in [0, 0.1) is 0 Å².